The average Bonchev–Trinajstić information content (AvgIpc) is 2.32. The van der Waals surface area contributed by atoms with Gasteiger partial charge in [-0.2, -0.15) is 0 Å². The molecule has 0 saturated heterocycles. The third kappa shape index (κ3) is 12.6. The molecular weight excluding hydrogens is 253 g/mol. The predicted octanol–water partition coefficient (Wildman–Crippen LogP) is 3.01. The number of hydrogen-bond acceptors (Lipinski definition) is 4. The molecule has 0 spiro atoms. The van der Waals surface area contributed by atoms with E-state index in [4.69, 9.17) is 10.3 Å². The molecule has 2 unspecified atom stereocenters. The van der Waals surface area contributed by atoms with Crippen LogP contribution in [0.5, 0.6) is 0 Å². The molecule has 0 fully saturated rings. The van der Waals surface area contributed by atoms with Crippen molar-refractivity contribution in [2.24, 2.45) is 11.7 Å². The van der Waals surface area contributed by atoms with E-state index >= 15 is 0 Å². The summed E-state index contributed by atoms with van der Waals surface area (Å²) in [6, 6.07) is 0. The number of rotatable bonds is 12. The Hall–Kier alpha value is 0.400. The van der Waals surface area contributed by atoms with Crippen LogP contribution in [0.3, 0.4) is 0 Å². The first-order chi connectivity index (χ1) is 8.20. The molecule has 17 heavy (non-hydrogen) atoms. The van der Waals surface area contributed by atoms with E-state index < -0.39 is 0 Å². The lowest BCUT2D eigenvalue weighted by molar-refractivity contribution is 0.141. The summed E-state index contributed by atoms with van der Waals surface area (Å²) in [5.41, 5.74) is 5.41. The molecule has 2 atom stereocenters. The fourth-order valence-corrected chi connectivity index (χ4v) is 2.25. The highest BCUT2D eigenvalue weighted by molar-refractivity contribution is 7.94. The van der Waals surface area contributed by atoms with Crippen molar-refractivity contribution >= 4 is 19.4 Å². The molecule has 0 heterocycles. The second kappa shape index (κ2) is 12.8. The van der Waals surface area contributed by atoms with Crippen molar-refractivity contribution in [2.45, 2.75) is 58.0 Å². The summed E-state index contributed by atoms with van der Waals surface area (Å²) in [5.74, 6) is 0.657. The zero-order valence-electron chi connectivity index (χ0n) is 10.8. The molecule has 0 saturated carbocycles. The summed E-state index contributed by atoms with van der Waals surface area (Å²) in [4.78, 5) is 0. The third-order valence-electron chi connectivity index (χ3n) is 2.97. The van der Waals surface area contributed by atoms with E-state index in [0.717, 1.165) is 58.1 Å². The number of aliphatic hydroxyl groups excluding tert-OH is 1. The lowest BCUT2D eigenvalue weighted by Gasteiger charge is -2.14. The van der Waals surface area contributed by atoms with E-state index in [-0.39, 0.29) is 6.10 Å². The third-order valence-corrected chi connectivity index (χ3v) is 3.57. The van der Waals surface area contributed by atoms with Gasteiger partial charge in [0.05, 0.1) is 12.7 Å². The van der Waals surface area contributed by atoms with Crippen LogP contribution in [0.2, 0.25) is 0 Å². The smallest absolute Gasteiger partial charge is 0.136 e. The van der Waals surface area contributed by atoms with Gasteiger partial charge < -0.3 is 15.4 Å². The normalized spacial score (nSPS) is 15.0. The summed E-state index contributed by atoms with van der Waals surface area (Å²) in [7, 11) is 0.603. The first-order valence-electron chi connectivity index (χ1n) is 6.53. The standard InChI is InChI=1S/C12H26NO2PS/c1-11(5-4-10-15-16-17)7-8-12(14)6-2-3-9-13/h11-12,14H,2-10,13H2,1H3. The van der Waals surface area contributed by atoms with Crippen LogP contribution in [0.25, 0.3) is 0 Å². The van der Waals surface area contributed by atoms with Crippen molar-refractivity contribution in [3.63, 3.8) is 0 Å². The van der Waals surface area contributed by atoms with Crippen LogP contribution >= 0.6 is 7.58 Å². The van der Waals surface area contributed by atoms with Gasteiger partial charge in [-0.25, -0.2) is 0 Å². The van der Waals surface area contributed by atoms with Crippen molar-refractivity contribution in [3.8, 4) is 0 Å². The molecule has 0 aliphatic heterocycles. The predicted molar refractivity (Wildman–Crippen MR) is 76.8 cm³/mol. The first-order valence-corrected chi connectivity index (χ1v) is 8.36. The van der Waals surface area contributed by atoms with Crippen LogP contribution in [0.15, 0.2) is 0 Å². The summed E-state index contributed by atoms with van der Waals surface area (Å²) in [6.45, 7) is 3.72. The van der Waals surface area contributed by atoms with Crippen LogP contribution in [-0.2, 0) is 16.3 Å². The first kappa shape index (κ1) is 17.4. The van der Waals surface area contributed by atoms with Crippen LogP contribution < -0.4 is 5.73 Å². The Balaban J connectivity index is 3.35. The Kier molecular flexibility index (Phi) is 13.1. The molecule has 0 aromatic rings. The maximum Gasteiger partial charge on any atom is 0.136 e. The highest BCUT2D eigenvalue weighted by Crippen LogP contribution is 2.16. The van der Waals surface area contributed by atoms with Gasteiger partial charge in [0.25, 0.3) is 0 Å². The van der Waals surface area contributed by atoms with Gasteiger partial charge in [-0.15, -0.1) is 0 Å². The SMILES string of the molecule is CC(CCCOP=S)CCC(O)CCCCN. The van der Waals surface area contributed by atoms with Crippen LogP contribution in [0.4, 0.5) is 0 Å². The molecule has 5 heteroatoms. The second-order valence-corrected chi connectivity index (χ2v) is 5.53. The van der Waals surface area contributed by atoms with Crippen molar-refractivity contribution in [1.82, 2.24) is 0 Å². The highest BCUT2D eigenvalue weighted by Gasteiger charge is 2.07. The minimum Gasteiger partial charge on any atom is -0.393 e. The lowest BCUT2D eigenvalue weighted by Crippen LogP contribution is -2.10. The minimum atomic E-state index is -0.147. The maximum atomic E-state index is 9.75. The zero-order chi connectivity index (χ0) is 12.9. The molecular formula is C12H26NO2PS. The number of hydrogen-bond donors (Lipinski definition) is 2. The fourth-order valence-electron chi connectivity index (χ4n) is 1.82. The van der Waals surface area contributed by atoms with Gasteiger partial charge in [0.15, 0.2) is 0 Å². The van der Waals surface area contributed by atoms with E-state index in [9.17, 15) is 5.11 Å². The summed E-state index contributed by atoms with van der Waals surface area (Å²) >= 11 is 4.68. The molecule has 3 nitrogen and oxygen atoms in total. The average molecular weight is 279 g/mol. The number of unbranched alkanes of at least 4 members (excludes halogenated alkanes) is 1. The van der Waals surface area contributed by atoms with Crippen molar-refractivity contribution < 1.29 is 9.63 Å². The van der Waals surface area contributed by atoms with E-state index in [1.807, 2.05) is 0 Å². The fraction of sp³-hybridized carbons (Fsp3) is 1.00. The Morgan fingerprint density at radius 2 is 1.94 bits per heavy atom. The Bertz CT molecular complexity index is 184. The largest absolute Gasteiger partial charge is 0.393 e. The molecule has 0 radical (unpaired) electrons. The van der Waals surface area contributed by atoms with Gasteiger partial charge in [0, 0.05) is 0 Å². The molecule has 0 bridgehead atoms. The quantitative estimate of drug-likeness (QED) is 0.426. The molecule has 3 N–H and O–H groups in total. The summed E-state index contributed by atoms with van der Waals surface area (Å²) < 4.78 is 5.10. The van der Waals surface area contributed by atoms with E-state index in [1.165, 1.54) is 0 Å². The van der Waals surface area contributed by atoms with Crippen molar-refractivity contribution in [2.75, 3.05) is 13.2 Å². The molecule has 0 rings (SSSR count). The summed E-state index contributed by atoms with van der Waals surface area (Å²) in [5, 5.41) is 9.75. The molecule has 0 aromatic carbocycles. The molecule has 0 aliphatic carbocycles. The van der Waals surface area contributed by atoms with Gasteiger partial charge in [-0.3, -0.25) is 0 Å². The second-order valence-electron chi connectivity index (χ2n) is 4.67. The molecule has 0 aliphatic rings. The van der Waals surface area contributed by atoms with Crippen LogP contribution in [-0.4, -0.2) is 24.4 Å². The van der Waals surface area contributed by atoms with Crippen molar-refractivity contribution in [1.29, 1.82) is 0 Å². The highest BCUT2D eigenvalue weighted by atomic mass is 32.4. The molecule has 0 amide bonds. The van der Waals surface area contributed by atoms with Crippen molar-refractivity contribution in [3.05, 3.63) is 0 Å². The van der Waals surface area contributed by atoms with Crippen LogP contribution in [0, 0.1) is 5.92 Å². The monoisotopic (exact) mass is 279 g/mol. The van der Waals surface area contributed by atoms with E-state index in [2.05, 4.69) is 18.7 Å². The van der Waals surface area contributed by atoms with E-state index in [1.54, 1.807) is 0 Å². The lowest BCUT2D eigenvalue weighted by atomic mass is 9.96. The number of aliphatic hydroxyl groups is 1. The van der Waals surface area contributed by atoms with Gasteiger partial charge in [0.2, 0.25) is 0 Å². The topological polar surface area (TPSA) is 55.5 Å². The molecule has 0 aromatic heterocycles. The Morgan fingerprint density at radius 1 is 1.18 bits per heavy atom. The van der Waals surface area contributed by atoms with Gasteiger partial charge in [0.1, 0.15) is 7.58 Å². The maximum absolute atomic E-state index is 9.75. The van der Waals surface area contributed by atoms with Crippen LogP contribution in [0.1, 0.15) is 51.9 Å². The summed E-state index contributed by atoms with van der Waals surface area (Å²) in [6.07, 6.45) is 7.02. The van der Waals surface area contributed by atoms with Gasteiger partial charge >= 0.3 is 0 Å². The van der Waals surface area contributed by atoms with E-state index in [0.29, 0.717) is 13.5 Å². The Labute approximate surface area is 112 Å². The molecule has 102 valence electrons. The zero-order valence-corrected chi connectivity index (χ0v) is 12.5. The van der Waals surface area contributed by atoms with Gasteiger partial charge in [-0.05, 0) is 69.2 Å². The van der Waals surface area contributed by atoms with Gasteiger partial charge in [-0.1, -0.05) is 6.92 Å². The Morgan fingerprint density at radius 3 is 2.59 bits per heavy atom. The minimum absolute atomic E-state index is 0.147. The number of nitrogens with two attached hydrogens (primary N) is 1.